The van der Waals surface area contributed by atoms with Crippen LogP contribution in [0.4, 0.5) is 10.5 Å². The lowest BCUT2D eigenvalue weighted by Gasteiger charge is -2.08. The first-order valence-electron chi connectivity index (χ1n) is 7.27. The SMILES string of the molecule is O=C1NC(=O)C(=Cc2cccc(NC(=O)c3cnccc3C(=O)O)c2)S1. The molecular formula is C17H11N3O5S. The monoisotopic (exact) mass is 369 g/mol. The summed E-state index contributed by atoms with van der Waals surface area (Å²) in [5.74, 6) is -2.33. The van der Waals surface area contributed by atoms with Crippen LogP contribution < -0.4 is 10.6 Å². The smallest absolute Gasteiger partial charge is 0.336 e. The van der Waals surface area contributed by atoms with Crippen molar-refractivity contribution in [3.63, 3.8) is 0 Å². The minimum absolute atomic E-state index is 0.0694. The number of carboxylic acid groups (broad SMARTS) is 1. The van der Waals surface area contributed by atoms with E-state index < -0.39 is 23.0 Å². The predicted octanol–water partition coefficient (Wildman–Crippen LogP) is 2.36. The van der Waals surface area contributed by atoms with Gasteiger partial charge in [-0.05, 0) is 41.6 Å². The molecule has 9 heteroatoms. The molecule has 1 saturated heterocycles. The minimum atomic E-state index is -1.23. The Morgan fingerprint density at radius 2 is 2.00 bits per heavy atom. The van der Waals surface area contributed by atoms with Crippen molar-refractivity contribution in [1.82, 2.24) is 10.3 Å². The number of nitrogens with zero attached hydrogens (tertiary/aromatic N) is 1. The molecule has 0 unspecified atom stereocenters. The Bertz CT molecular complexity index is 970. The average molecular weight is 369 g/mol. The molecule has 3 rings (SSSR count). The van der Waals surface area contributed by atoms with E-state index in [1.165, 1.54) is 24.5 Å². The van der Waals surface area contributed by atoms with Crippen LogP contribution in [-0.2, 0) is 4.79 Å². The van der Waals surface area contributed by atoms with E-state index in [4.69, 9.17) is 5.11 Å². The van der Waals surface area contributed by atoms with Gasteiger partial charge in [0, 0.05) is 18.1 Å². The van der Waals surface area contributed by atoms with Gasteiger partial charge in [0.2, 0.25) is 0 Å². The Balaban J connectivity index is 1.83. The Kier molecular flexibility index (Phi) is 4.81. The van der Waals surface area contributed by atoms with E-state index in [0.717, 1.165) is 11.8 Å². The summed E-state index contributed by atoms with van der Waals surface area (Å²) in [7, 11) is 0. The van der Waals surface area contributed by atoms with Crippen molar-refractivity contribution in [1.29, 1.82) is 0 Å². The van der Waals surface area contributed by atoms with Gasteiger partial charge in [-0.15, -0.1) is 0 Å². The van der Waals surface area contributed by atoms with Gasteiger partial charge in [0.15, 0.2) is 0 Å². The fraction of sp³-hybridized carbons (Fsp3) is 0. The number of carboxylic acids is 1. The summed E-state index contributed by atoms with van der Waals surface area (Å²) in [6.45, 7) is 0. The van der Waals surface area contributed by atoms with Crippen LogP contribution in [0.15, 0.2) is 47.6 Å². The number of thioether (sulfide) groups is 1. The zero-order valence-electron chi connectivity index (χ0n) is 13.1. The second-order valence-electron chi connectivity index (χ2n) is 5.16. The molecule has 1 aromatic carbocycles. The summed E-state index contributed by atoms with van der Waals surface area (Å²) < 4.78 is 0. The van der Waals surface area contributed by atoms with E-state index in [2.05, 4.69) is 15.6 Å². The van der Waals surface area contributed by atoms with Gasteiger partial charge >= 0.3 is 5.97 Å². The Morgan fingerprint density at radius 1 is 1.19 bits per heavy atom. The van der Waals surface area contributed by atoms with Crippen LogP contribution in [0.2, 0.25) is 0 Å². The lowest BCUT2D eigenvalue weighted by molar-refractivity contribution is -0.115. The van der Waals surface area contributed by atoms with Crippen molar-refractivity contribution < 1.29 is 24.3 Å². The maximum absolute atomic E-state index is 12.3. The fourth-order valence-corrected chi connectivity index (χ4v) is 2.92. The number of aromatic carboxylic acids is 1. The van der Waals surface area contributed by atoms with Crippen LogP contribution in [0.5, 0.6) is 0 Å². The largest absolute Gasteiger partial charge is 0.478 e. The molecule has 1 aliphatic rings. The lowest BCUT2D eigenvalue weighted by atomic mass is 10.1. The number of anilines is 1. The van der Waals surface area contributed by atoms with E-state index in [-0.39, 0.29) is 16.0 Å². The number of rotatable bonds is 4. The van der Waals surface area contributed by atoms with E-state index in [1.54, 1.807) is 24.3 Å². The number of hydrogen-bond acceptors (Lipinski definition) is 6. The van der Waals surface area contributed by atoms with Gasteiger partial charge in [0.05, 0.1) is 16.0 Å². The third-order valence-electron chi connectivity index (χ3n) is 3.38. The lowest BCUT2D eigenvalue weighted by Crippen LogP contribution is -2.17. The van der Waals surface area contributed by atoms with Crippen molar-refractivity contribution in [3.05, 3.63) is 64.3 Å². The first-order valence-corrected chi connectivity index (χ1v) is 8.09. The summed E-state index contributed by atoms with van der Waals surface area (Å²) in [6, 6.07) is 7.81. The topological polar surface area (TPSA) is 125 Å². The molecule has 0 atom stereocenters. The van der Waals surface area contributed by atoms with E-state index in [9.17, 15) is 19.2 Å². The Morgan fingerprint density at radius 3 is 2.69 bits per heavy atom. The van der Waals surface area contributed by atoms with Gasteiger partial charge < -0.3 is 10.4 Å². The maximum atomic E-state index is 12.3. The first-order chi connectivity index (χ1) is 12.4. The van der Waals surface area contributed by atoms with Crippen molar-refractivity contribution >= 4 is 46.5 Å². The molecule has 2 aromatic rings. The van der Waals surface area contributed by atoms with Gasteiger partial charge in [0.25, 0.3) is 17.1 Å². The highest BCUT2D eigenvalue weighted by Crippen LogP contribution is 2.26. The summed E-state index contributed by atoms with van der Waals surface area (Å²) in [6.07, 6.45) is 3.99. The number of carbonyl (C=O) groups excluding carboxylic acids is 3. The number of nitrogens with one attached hydrogen (secondary N) is 2. The normalized spacial score (nSPS) is 15.0. The van der Waals surface area contributed by atoms with Crippen molar-refractivity contribution in [3.8, 4) is 0 Å². The van der Waals surface area contributed by atoms with Crippen LogP contribution in [0, 0.1) is 0 Å². The van der Waals surface area contributed by atoms with Gasteiger partial charge in [-0.2, -0.15) is 0 Å². The number of hydrogen-bond donors (Lipinski definition) is 3. The molecule has 3 N–H and O–H groups in total. The third-order valence-corrected chi connectivity index (χ3v) is 4.19. The van der Waals surface area contributed by atoms with Crippen LogP contribution in [0.1, 0.15) is 26.3 Å². The predicted molar refractivity (Wildman–Crippen MR) is 94.7 cm³/mol. The first kappa shape index (κ1) is 17.4. The summed E-state index contributed by atoms with van der Waals surface area (Å²) in [5.41, 5.74) is 0.771. The van der Waals surface area contributed by atoms with Gasteiger partial charge in [-0.25, -0.2) is 4.79 Å². The standard InChI is InChI=1S/C17H11N3O5S/c21-14(12-8-18-5-4-11(12)16(23)24)19-10-3-1-2-9(6-10)7-13-15(22)20-17(25)26-13/h1-8H,(H,19,21)(H,23,24)(H,20,22,25). The van der Waals surface area contributed by atoms with Crippen LogP contribution in [0.25, 0.3) is 6.08 Å². The molecule has 0 spiro atoms. The maximum Gasteiger partial charge on any atom is 0.336 e. The number of amides is 3. The van der Waals surface area contributed by atoms with E-state index in [1.807, 2.05) is 0 Å². The molecule has 1 aliphatic heterocycles. The Labute approximate surface area is 151 Å². The molecule has 2 heterocycles. The molecule has 1 aromatic heterocycles. The Hall–Kier alpha value is -3.46. The minimum Gasteiger partial charge on any atom is -0.478 e. The molecule has 0 aliphatic carbocycles. The highest BCUT2D eigenvalue weighted by molar-refractivity contribution is 8.18. The average Bonchev–Trinajstić information content (AvgIpc) is 2.92. The van der Waals surface area contributed by atoms with Crippen molar-refractivity contribution in [2.24, 2.45) is 0 Å². The van der Waals surface area contributed by atoms with Gasteiger partial charge in [0.1, 0.15) is 0 Å². The highest BCUT2D eigenvalue weighted by Gasteiger charge is 2.25. The molecule has 8 nitrogen and oxygen atoms in total. The molecule has 0 saturated carbocycles. The van der Waals surface area contributed by atoms with Gasteiger partial charge in [-0.1, -0.05) is 12.1 Å². The second-order valence-corrected chi connectivity index (χ2v) is 6.17. The number of pyridine rings is 1. The number of carbonyl (C=O) groups is 4. The van der Waals surface area contributed by atoms with Crippen molar-refractivity contribution in [2.75, 3.05) is 5.32 Å². The third kappa shape index (κ3) is 3.78. The summed E-state index contributed by atoms with van der Waals surface area (Å²) >= 11 is 0.791. The molecule has 1 fully saturated rings. The van der Waals surface area contributed by atoms with Crippen LogP contribution >= 0.6 is 11.8 Å². The van der Waals surface area contributed by atoms with Gasteiger partial charge in [-0.3, -0.25) is 24.7 Å². The van der Waals surface area contributed by atoms with E-state index >= 15 is 0 Å². The highest BCUT2D eigenvalue weighted by atomic mass is 32.2. The van der Waals surface area contributed by atoms with Crippen molar-refractivity contribution in [2.45, 2.75) is 0 Å². The van der Waals surface area contributed by atoms with E-state index in [0.29, 0.717) is 11.3 Å². The second kappa shape index (κ2) is 7.19. The number of imide groups is 1. The molecule has 130 valence electrons. The number of aromatic nitrogens is 1. The summed E-state index contributed by atoms with van der Waals surface area (Å²) in [5, 5.41) is 13.5. The zero-order valence-corrected chi connectivity index (χ0v) is 13.9. The molecule has 0 radical (unpaired) electrons. The molecule has 3 amide bonds. The summed E-state index contributed by atoms with van der Waals surface area (Å²) in [4.78, 5) is 50.4. The molecule has 0 bridgehead atoms. The quantitative estimate of drug-likeness (QED) is 0.706. The molecular weight excluding hydrogens is 358 g/mol. The van der Waals surface area contributed by atoms with Crippen LogP contribution in [0.3, 0.4) is 0 Å². The fourth-order valence-electron chi connectivity index (χ4n) is 2.24. The molecule has 26 heavy (non-hydrogen) atoms. The zero-order chi connectivity index (χ0) is 18.7. The van der Waals surface area contributed by atoms with Crippen LogP contribution in [-0.4, -0.2) is 33.1 Å². The number of benzene rings is 1.